The number of halogens is 4. The summed E-state index contributed by atoms with van der Waals surface area (Å²) in [4.78, 5) is 24.2. The first-order valence-electron chi connectivity index (χ1n) is 10.7. The maximum atomic E-state index is 13.3. The molecular formula is C26H22F4N2O5. The Bertz CT molecular complexity index is 1270. The minimum absolute atomic E-state index is 0.00603. The van der Waals surface area contributed by atoms with Gasteiger partial charge in [0.25, 0.3) is 0 Å². The van der Waals surface area contributed by atoms with Gasteiger partial charge in [-0.15, -0.1) is 0 Å². The summed E-state index contributed by atoms with van der Waals surface area (Å²) in [7, 11) is 0. The van der Waals surface area contributed by atoms with E-state index in [4.69, 9.17) is 20.9 Å². The van der Waals surface area contributed by atoms with Crippen molar-refractivity contribution in [3.8, 4) is 11.5 Å². The Morgan fingerprint density at radius 3 is 2.00 bits per heavy atom. The van der Waals surface area contributed by atoms with Crippen LogP contribution in [0.5, 0.6) is 11.5 Å². The number of nitrogens with two attached hydrogens (primary N) is 2. The van der Waals surface area contributed by atoms with Crippen molar-refractivity contribution in [2.75, 3.05) is 11.5 Å². The van der Waals surface area contributed by atoms with Crippen molar-refractivity contribution in [1.29, 1.82) is 0 Å². The molecule has 3 aromatic rings. The van der Waals surface area contributed by atoms with Crippen molar-refractivity contribution >= 4 is 29.4 Å². The average molecular weight is 518 g/mol. The van der Waals surface area contributed by atoms with E-state index in [9.17, 15) is 27.2 Å². The number of ether oxygens (including phenoxy) is 3. The van der Waals surface area contributed by atoms with Crippen LogP contribution in [0.3, 0.4) is 0 Å². The number of hydrogen-bond acceptors (Lipinski definition) is 7. The van der Waals surface area contributed by atoms with Gasteiger partial charge in [0.1, 0.15) is 18.1 Å². The lowest BCUT2D eigenvalue weighted by molar-refractivity contribution is -0.301. The molecule has 0 atom stereocenters. The zero-order valence-corrected chi connectivity index (χ0v) is 19.4. The van der Waals surface area contributed by atoms with Gasteiger partial charge in [0.15, 0.2) is 0 Å². The number of esters is 2. The SMILES string of the molecule is CC(F)(F)C(F)(F)Oc1ccc(C(=O)Oc2ccc(C=CC(=O)OCc3cc(N)cc(N)c3)cc2)cc1. The highest BCUT2D eigenvalue weighted by Crippen LogP contribution is 2.35. The Balaban J connectivity index is 1.52. The topological polar surface area (TPSA) is 114 Å². The number of carbonyl (C=O) groups excluding carboxylic acids is 2. The molecule has 0 fully saturated rings. The second-order valence-electron chi connectivity index (χ2n) is 7.94. The summed E-state index contributed by atoms with van der Waals surface area (Å²) in [6, 6.07) is 15.1. The molecule has 4 N–H and O–H groups in total. The third-order valence-electron chi connectivity index (χ3n) is 4.77. The van der Waals surface area contributed by atoms with Gasteiger partial charge in [-0.2, -0.15) is 17.6 Å². The van der Waals surface area contributed by atoms with Crippen molar-refractivity contribution < 1.29 is 41.4 Å². The predicted octanol–water partition coefficient (Wildman–Crippen LogP) is 5.45. The van der Waals surface area contributed by atoms with Crippen molar-refractivity contribution in [2.24, 2.45) is 0 Å². The minimum atomic E-state index is -4.72. The Morgan fingerprint density at radius 2 is 1.43 bits per heavy atom. The van der Waals surface area contributed by atoms with Crippen LogP contribution in [0.4, 0.5) is 28.9 Å². The number of alkyl halides is 4. The maximum absolute atomic E-state index is 13.3. The van der Waals surface area contributed by atoms with Crippen LogP contribution in [-0.4, -0.2) is 24.0 Å². The summed E-state index contributed by atoms with van der Waals surface area (Å²) < 4.78 is 66.8. The second-order valence-corrected chi connectivity index (χ2v) is 7.94. The van der Waals surface area contributed by atoms with E-state index < -0.39 is 29.7 Å². The fourth-order valence-corrected chi connectivity index (χ4v) is 2.91. The van der Waals surface area contributed by atoms with E-state index >= 15 is 0 Å². The third-order valence-corrected chi connectivity index (χ3v) is 4.77. The highest BCUT2D eigenvalue weighted by molar-refractivity contribution is 5.91. The molecule has 0 aliphatic rings. The molecule has 7 nitrogen and oxygen atoms in total. The Labute approximate surface area is 209 Å². The van der Waals surface area contributed by atoms with Crippen molar-refractivity contribution in [3.05, 3.63) is 89.5 Å². The zero-order chi connectivity index (χ0) is 27.2. The number of benzene rings is 3. The molecule has 0 unspecified atom stereocenters. The number of hydrogen-bond donors (Lipinski definition) is 2. The van der Waals surface area contributed by atoms with Crippen LogP contribution >= 0.6 is 0 Å². The molecule has 3 aromatic carbocycles. The first kappa shape index (κ1) is 27.1. The zero-order valence-electron chi connectivity index (χ0n) is 19.4. The molecule has 194 valence electrons. The molecule has 0 radical (unpaired) electrons. The van der Waals surface area contributed by atoms with Gasteiger partial charge in [0.05, 0.1) is 5.56 Å². The highest BCUT2D eigenvalue weighted by atomic mass is 19.3. The molecule has 0 saturated carbocycles. The fourth-order valence-electron chi connectivity index (χ4n) is 2.91. The molecule has 37 heavy (non-hydrogen) atoms. The van der Waals surface area contributed by atoms with E-state index in [1.165, 1.54) is 24.3 Å². The molecule has 0 bridgehead atoms. The van der Waals surface area contributed by atoms with E-state index in [0.717, 1.165) is 24.3 Å². The van der Waals surface area contributed by atoms with Gasteiger partial charge in [-0.05, 0) is 71.8 Å². The lowest BCUT2D eigenvalue weighted by Gasteiger charge is -2.23. The first-order valence-corrected chi connectivity index (χ1v) is 10.7. The van der Waals surface area contributed by atoms with Crippen molar-refractivity contribution in [2.45, 2.75) is 25.6 Å². The third kappa shape index (κ3) is 7.72. The quantitative estimate of drug-likeness (QED) is 0.127. The Morgan fingerprint density at radius 1 is 0.865 bits per heavy atom. The second kappa shape index (κ2) is 11.0. The molecule has 0 spiro atoms. The van der Waals surface area contributed by atoms with Gasteiger partial charge < -0.3 is 25.7 Å². The summed E-state index contributed by atoms with van der Waals surface area (Å²) in [5.74, 6) is -6.17. The Hall–Kier alpha value is -4.54. The molecule has 0 heterocycles. The predicted molar refractivity (Wildman–Crippen MR) is 128 cm³/mol. The first-order chi connectivity index (χ1) is 17.3. The van der Waals surface area contributed by atoms with Crippen molar-refractivity contribution in [1.82, 2.24) is 0 Å². The van der Waals surface area contributed by atoms with E-state index in [1.807, 2.05) is 0 Å². The summed E-state index contributed by atoms with van der Waals surface area (Å²) in [5.41, 5.74) is 13.5. The van der Waals surface area contributed by atoms with Gasteiger partial charge >= 0.3 is 24.0 Å². The highest BCUT2D eigenvalue weighted by Gasteiger charge is 2.55. The van der Waals surface area contributed by atoms with Gasteiger partial charge in [0, 0.05) is 24.4 Å². The maximum Gasteiger partial charge on any atom is 0.463 e. The number of carbonyl (C=O) groups is 2. The van der Waals surface area contributed by atoms with Crippen LogP contribution in [0.15, 0.2) is 72.8 Å². The Kier molecular flexibility index (Phi) is 8.06. The van der Waals surface area contributed by atoms with Gasteiger partial charge in [-0.1, -0.05) is 12.1 Å². The van der Waals surface area contributed by atoms with Crippen LogP contribution in [0, 0.1) is 0 Å². The van der Waals surface area contributed by atoms with Crippen LogP contribution in [0.1, 0.15) is 28.4 Å². The van der Waals surface area contributed by atoms with E-state index in [1.54, 1.807) is 30.3 Å². The van der Waals surface area contributed by atoms with Crippen LogP contribution in [0.2, 0.25) is 0 Å². The van der Waals surface area contributed by atoms with Crippen LogP contribution in [-0.2, 0) is 16.1 Å². The largest absolute Gasteiger partial charge is 0.463 e. The summed E-state index contributed by atoms with van der Waals surface area (Å²) in [6.07, 6.45) is -2.00. The molecule has 11 heteroatoms. The molecule has 0 aromatic heterocycles. The molecule has 0 aliphatic heterocycles. The number of nitrogen functional groups attached to an aromatic ring is 2. The monoisotopic (exact) mass is 518 g/mol. The van der Waals surface area contributed by atoms with E-state index in [-0.39, 0.29) is 24.8 Å². The summed E-state index contributed by atoms with van der Waals surface area (Å²) >= 11 is 0. The van der Waals surface area contributed by atoms with E-state index in [0.29, 0.717) is 22.5 Å². The average Bonchev–Trinajstić information content (AvgIpc) is 2.81. The minimum Gasteiger partial charge on any atom is -0.458 e. The molecule has 0 saturated heterocycles. The standard InChI is InChI=1S/C26H22F4N2O5/c1-25(27,28)26(29,30)37-22-9-5-18(6-10-22)24(34)36-21-7-2-16(3-8-21)4-11-23(33)35-15-17-12-19(31)14-20(32)13-17/h2-14H,15,31-32H2,1H3. The van der Waals surface area contributed by atoms with E-state index in [2.05, 4.69) is 4.74 Å². The van der Waals surface area contributed by atoms with Crippen LogP contribution in [0.25, 0.3) is 6.08 Å². The molecule has 0 amide bonds. The number of rotatable bonds is 9. The van der Waals surface area contributed by atoms with Crippen LogP contribution < -0.4 is 20.9 Å². The fraction of sp³-hybridized carbons (Fsp3) is 0.154. The molecule has 0 aliphatic carbocycles. The molecule has 3 rings (SSSR count). The lowest BCUT2D eigenvalue weighted by atomic mass is 10.2. The summed E-state index contributed by atoms with van der Waals surface area (Å²) in [6.45, 7) is 0.0270. The van der Waals surface area contributed by atoms with Crippen molar-refractivity contribution in [3.63, 3.8) is 0 Å². The summed E-state index contributed by atoms with van der Waals surface area (Å²) in [5, 5.41) is 0. The smallest absolute Gasteiger partial charge is 0.458 e. The lowest BCUT2D eigenvalue weighted by Crippen LogP contribution is -2.42. The van der Waals surface area contributed by atoms with Gasteiger partial charge in [0.2, 0.25) is 0 Å². The molecular weight excluding hydrogens is 496 g/mol. The van der Waals surface area contributed by atoms with Gasteiger partial charge in [-0.3, -0.25) is 0 Å². The number of anilines is 2. The normalized spacial score (nSPS) is 11.8. The van der Waals surface area contributed by atoms with Gasteiger partial charge in [-0.25, -0.2) is 9.59 Å².